The highest BCUT2D eigenvalue weighted by atomic mass is 16.5. The Morgan fingerprint density at radius 1 is 1.05 bits per heavy atom. The van der Waals surface area contributed by atoms with Gasteiger partial charge in [0.05, 0.1) is 13.2 Å². The van der Waals surface area contributed by atoms with Gasteiger partial charge in [0.25, 0.3) is 0 Å². The lowest BCUT2D eigenvalue weighted by atomic mass is 10.2. The highest BCUT2D eigenvalue weighted by Gasteiger charge is 2.05. The monoisotopic (exact) mass is 280 g/mol. The number of rotatable bonds is 11. The molecule has 0 spiro atoms. The lowest BCUT2D eigenvalue weighted by Gasteiger charge is -2.21. The van der Waals surface area contributed by atoms with Crippen molar-refractivity contribution in [2.24, 2.45) is 0 Å². The third kappa shape index (κ3) is 7.48. The Labute approximate surface area is 122 Å². The van der Waals surface area contributed by atoms with Crippen molar-refractivity contribution in [3.63, 3.8) is 0 Å². The van der Waals surface area contributed by atoms with Crippen LogP contribution in [0.3, 0.4) is 0 Å². The Kier molecular flexibility index (Phi) is 9.04. The maximum atomic E-state index is 5.71. The Hall–Kier alpha value is -1.10. The van der Waals surface area contributed by atoms with Crippen molar-refractivity contribution in [3.05, 3.63) is 29.8 Å². The van der Waals surface area contributed by atoms with Crippen molar-refractivity contribution >= 4 is 5.69 Å². The maximum Gasteiger partial charge on any atom is 0.0700 e. The van der Waals surface area contributed by atoms with Gasteiger partial charge in [0.1, 0.15) is 0 Å². The predicted molar refractivity (Wildman–Crippen MR) is 83.7 cm³/mol. The largest absolute Gasteiger partial charge is 0.399 e. The van der Waals surface area contributed by atoms with E-state index >= 15 is 0 Å². The summed E-state index contributed by atoms with van der Waals surface area (Å²) in [6, 6.07) is 8.14. The van der Waals surface area contributed by atoms with Gasteiger partial charge in [0.15, 0.2) is 0 Å². The number of nitrogens with two attached hydrogens (primary N) is 1. The van der Waals surface area contributed by atoms with Crippen LogP contribution >= 0.6 is 0 Å². The van der Waals surface area contributed by atoms with E-state index in [0.717, 1.165) is 38.3 Å². The van der Waals surface area contributed by atoms with Crippen LogP contribution in [-0.2, 0) is 16.0 Å². The van der Waals surface area contributed by atoms with Crippen molar-refractivity contribution in [1.29, 1.82) is 0 Å². The highest BCUT2D eigenvalue weighted by molar-refractivity contribution is 5.39. The minimum absolute atomic E-state index is 0.671. The van der Waals surface area contributed by atoms with Gasteiger partial charge in [-0.05, 0) is 37.1 Å². The molecule has 0 atom stereocenters. The maximum absolute atomic E-state index is 5.71. The van der Waals surface area contributed by atoms with Gasteiger partial charge in [-0.2, -0.15) is 0 Å². The molecule has 0 aliphatic heterocycles. The van der Waals surface area contributed by atoms with Crippen LogP contribution in [0.5, 0.6) is 0 Å². The number of nitrogen functional groups attached to an aromatic ring is 1. The lowest BCUT2D eigenvalue weighted by Crippen LogP contribution is -2.26. The molecule has 4 heteroatoms. The molecule has 0 saturated heterocycles. The van der Waals surface area contributed by atoms with Crippen molar-refractivity contribution in [2.45, 2.75) is 26.3 Å². The molecule has 0 aliphatic rings. The zero-order valence-corrected chi connectivity index (χ0v) is 12.8. The molecule has 0 heterocycles. The summed E-state index contributed by atoms with van der Waals surface area (Å²) < 4.78 is 10.5. The van der Waals surface area contributed by atoms with Gasteiger partial charge in [-0.3, -0.25) is 4.90 Å². The average molecular weight is 280 g/mol. The molecular formula is C16H28N2O2. The zero-order chi connectivity index (χ0) is 14.6. The fourth-order valence-electron chi connectivity index (χ4n) is 2.10. The molecule has 1 aromatic carbocycles. The normalized spacial score (nSPS) is 11.2. The standard InChI is InChI=1S/C16H28N2O2/c1-3-9-18(10-4-11-20-13-12-19-2)14-15-5-7-16(17)8-6-15/h5-8H,3-4,9-14,17H2,1-2H3. The number of ether oxygens (including phenoxy) is 2. The first-order valence-corrected chi connectivity index (χ1v) is 7.39. The molecule has 2 N–H and O–H groups in total. The molecule has 0 radical (unpaired) electrons. The van der Waals surface area contributed by atoms with E-state index in [-0.39, 0.29) is 0 Å². The number of benzene rings is 1. The van der Waals surface area contributed by atoms with E-state index in [4.69, 9.17) is 15.2 Å². The van der Waals surface area contributed by atoms with Crippen LogP contribution in [0.4, 0.5) is 5.69 Å². The minimum atomic E-state index is 0.671. The summed E-state index contributed by atoms with van der Waals surface area (Å²) >= 11 is 0. The summed E-state index contributed by atoms with van der Waals surface area (Å²) in [5.41, 5.74) is 7.85. The summed E-state index contributed by atoms with van der Waals surface area (Å²) in [6.07, 6.45) is 2.22. The summed E-state index contributed by atoms with van der Waals surface area (Å²) in [4.78, 5) is 2.46. The van der Waals surface area contributed by atoms with Crippen LogP contribution in [0.2, 0.25) is 0 Å². The van der Waals surface area contributed by atoms with Crippen LogP contribution in [0.1, 0.15) is 25.3 Å². The van der Waals surface area contributed by atoms with E-state index in [1.807, 2.05) is 12.1 Å². The fourth-order valence-corrected chi connectivity index (χ4v) is 2.10. The Balaban J connectivity index is 2.27. The van der Waals surface area contributed by atoms with Crippen molar-refractivity contribution in [2.75, 3.05) is 45.8 Å². The number of anilines is 1. The molecule has 0 aliphatic carbocycles. The van der Waals surface area contributed by atoms with Gasteiger partial charge in [0.2, 0.25) is 0 Å². The molecule has 1 rings (SSSR count). The first-order valence-electron chi connectivity index (χ1n) is 7.39. The van der Waals surface area contributed by atoms with Crippen LogP contribution in [0.25, 0.3) is 0 Å². The summed E-state index contributed by atoms with van der Waals surface area (Å²) in [6.45, 7) is 7.52. The molecular weight excluding hydrogens is 252 g/mol. The fraction of sp³-hybridized carbons (Fsp3) is 0.625. The van der Waals surface area contributed by atoms with E-state index < -0.39 is 0 Å². The van der Waals surface area contributed by atoms with Crippen LogP contribution in [0, 0.1) is 0 Å². The van der Waals surface area contributed by atoms with Gasteiger partial charge >= 0.3 is 0 Å². The number of methoxy groups -OCH3 is 1. The van der Waals surface area contributed by atoms with Gasteiger partial charge in [-0.15, -0.1) is 0 Å². The van der Waals surface area contributed by atoms with Crippen molar-refractivity contribution in [3.8, 4) is 0 Å². The minimum Gasteiger partial charge on any atom is -0.399 e. The number of nitrogens with zero attached hydrogens (tertiary/aromatic N) is 1. The first-order chi connectivity index (χ1) is 9.76. The van der Waals surface area contributed by atoms with E-state index in [9.17, 15) is 0 Å². The third-order valence-corrected chi connectivity index (χ3v) is 3.12. The highest BCUT2D eigenvalue weighted by Crippen LogP contribution is 2.09. The lowest BCUT2D eigenvalue weighted by molar-refractivity contribution is 0.0648. The number of hydrogen-bond acceptors (Lipinski definition) is 4. The van der Waals surface area contributed by atoms with Gasteiger partial charge in [-0.1, -0.05) is 19.1 Å². The molecule has 0 saturated carbocycles. The van der Waals surface area contributed by atoms with E-state index in [1.54, 1.807) is 7.11 Å². The molecule has 20 heavy (non-hydrogen) atoms. The summed E-state index contributed by atoms with van der Waals surface area (Å²) in [5.74, 6) is 0. The van der Waals surface area contributed by atoms with Gasteiger partial charge < -0.3 is 15.2 Å². The molecule has 114 valence electrons. The van der Waals surface area contributed by atoms with Crippen LogP contribution < -0.4 is 5.73 Å². The molecule has 0 bridgehead atoms. The van der Waals surface area contributed by atoms with Crippen molar-refractivity contribution in [1.82, 2.24) is 4.90 Å². The van der Waals surface area contributed by atoms with Crippen LogP contribution in [-0.4, -0.2) is 44.9 Å². The molecule has 0 unspecified atom stereocenters. The Morgan fingerprint density at radius 3 is 2.45 bits per heavy atom. The molecule has 4 nitrogen and oxygen atoms in total. The Bertz CT molecular complexity index is 341. The number of hydrogen-bond donors (Lipinski definition) is 1. The molecule has 0 fully saturated rings. The second-order valence-electron chi connectivity index (χ2n) is 4.98. The smallest absolute Gasteiger partial charge is 0.0700 e. The topological polar surface area (TPSA) is 47.7 Å². The Morgan fingerprint density at radius 2 is 1.80 bits per heavy atom. The quantitative estimate of drug-likeness (QED) is 0.500. The molecule has 1 aromatic rings. The first kappa shape index (κ1) is 17.0. The molecule has 0 amide bonds. The predicted octanol–water partition coefficient (Wildman–Crippen LogP) is 2.53. The van der Waals surface area contributed by atoms with E-state index in [2.05, 4.69) is 24.0 Å². The van der Waals surface area contributed by atoms with Gasteiger partial charge in [0, 0.05) is 32.5 Å². The summed E-state index contributed by atoms with van der Waals surface area (Å²) in [7, 11) is 1.69. The van der Waals surface area contributed by atoms with E-state index in [0.29, 0.717) is 13.2 Å². The second-order valence-corrected chi connectivity index (χ2v) is 4.98. The summed E-state index contributed by atoms with van der Waals surface area (Å²) in [5, 5.41) is 0. The second kappa shape index (κ2) is 10.7. The SMILES string of the molecule is CCCN(CCCOCCOC)Cc1ccc(N)cc1. The average Bonchev–Trinajstić information content (AvgIpc) is 2.45. The van der Waals surface area contributed by atoms with Crippen LogP contribution in [0.15, 0.2) is 24.3 Å². The van der Waals surface area contributed by atoms with Gasteiger partial charge in [-0.25, -0.2) is 0 Å². The molecule has 0 aromatic heterocycles. The third-order valence-electron chi connectivity index (χ3n) is 3.12. The van der Waals surface area contributed by atoms with E-state index in [1.165, 1.54) is 12.0 Å². The van der Waals surface area contributed by atoms with Crippen molar-refractivity contribution < 1.29 is 9.47 Å². The zero-order valence-electron chi connectivity index (χ0n) is 12.8.